The van der Waals surface area contributed by atoms with Crippen molar-refractivity contribution in [3.8, 4) is 5.75 Å². The van der Waals surface area contributed by atoms with Gasteiger partial charge in [0.1, 0.15) is 17.4 Å². The number of benzene rings is 1. The minimum absolute atomic E-state index is 0.105. The Kier molecular flexibility index (Phi) is 6.20. The van der Waals surface area contributed by atoms with Crippen LogP contribution in [0.1, 0.15) is 42.9 Å². The maximum Gasteiger partial charge on any atom is 0.335 e. The number of fused-ring (bicyclic) bond motifs is 2. The highest BCUT2D eigenvalue weighted by molar-refractivity contribution is 8.13. The zero-order valence-electron chi connectivity index (χ0n) is 16.5. The van der Waals surface area contributed by atoms with Crippen LogP contribution < -0.4 is 10.1 Å². The number of imide groups is 1. The van der Waals surface area contributed by atoms with Crippen LogP contribution in [0.3, 0.4) is 0 Å². The molecule has 1 N–H and O–H groups in total. The second-order valence-electron chi connectivity index (χ2n) is 7.26. The SMILES string of the molecule is COCCOc1ccc2c(c1)CCC2NC(=O)N1SC2=NCCCC=C2CC1=O. The van der Waals surface area contributed by atoms with Gasteiger partial charge in [-0.1, -0.05) is 12.1 Å². The zero-order valence-corrected chi connectivity index (χ0v) is 17.3. The average molecular weight is 416 g/mol. The lowest BCUT2D eigenvalue weighted by Gasteiger charge is -2.27. The van der Waals surface area contributed by atoms with Crippen molar-refractivity contribution in [2.24, 2.45) is 4.99 Å². The molecule has 3 aliphatic rings. The van der Waals surface area contributed by atoms with Gasteiger partial charge >= 0.3 is 6.03 Å². The number of ether oxygens (including phenoxy) is 2. The predicted molar refractivity (Wildman–Crippen MR) is 112 cm³/mol. The fraction of sp³-hybridized carbons (Fsp3) is 0.476. The summed E-state index contributed by atoms with van der Waals surface area (Å²) in [6.45, 7) is 1.78. The summed E-state index contributed by atoms with van der Waals surface area (Å²) in [5.41, 5.74) is 3.20. The molecule has 1 aromatic carbocycles. The number of hydrogen-bond donors (Lipinski definition) is 1. The van der Waals surface area contributed by atoms with Gasteiger partial charge in [-0.25, -0.2) is 4.79 Å². The van der Waals surface area contributed by atoms with Crippen LogP contribution in [0.5, 0.6) is 5.75 Å². The summed E-state index contributed by atoms with van der Waals surface area (Å²) in [5, 5.41) is 3.82. The van der Waals surface area contributed by atoms with Crippen molar-refractivity contribution in [2.45, 2.75) is 38.1 Å². The molecule has 1 aromatic rings. The highest BCUT2D eigenvalue weighted by atomic mass is 32.2. The van der Waals surface area contributed by atoms with E-state index in [0.717, 1.165) is 66.1 Å². The maximum absolute atomic E-state index is 12.8. The zero-order chi connectivity index (χ0) is 20.2. The fourth-order valence-electron chi connectivity index (χ4n) is 3.78. The number of allylic oxidation sites excluding steroid dienone is 1. The van der Waals surface area contributed by atoms with E-state index in [1.165, 1.54) is 9.87 Å². The van der Waals surface area contributed by atoms with E-state index in [4.69, 9.17) is 9.47 Å². The van der Waals surface area contributed by atoms with Crippen LogP contribution in [-0.4, -0.2) is 48.2 Å². The van der Waals surface area contributed by atoms with Crippen LogP contribution in [0.2, 0.25) is 0 Å². The van der Waals surface area contributed by atoms with Crippen molar-refractivity contribution in [3.05, 3.63) is 41.0 Å². The van der Waals surface area contributed by atoms with Gasteiger partial charge in [-0.05, 0) is 54.5 Å². The minimum Gasteiger partial charge on any atom is -0.491 e. The van der Waals surface area contributed by atoms with Gasteiger partial charge in [-0.2, -0.15) is 4.31 Å². The molecule has 8 heteroatoms. The first-order valence-corrected chi connectivity index (χ1v) is 10.7. The number of carbonyl (C=O) groups excluding carboxylic acids is 2. The average Bonchev–Trinajstić information content (AvgIpc) is 2.96. The Morgan fingerprint density at radius 2 is 2.28 bits per heavy atom. The fourth-order valence-corrected chi connectivity index (χ4v) is 4.68. The van der Waals surface area contributed by atoms with Gasteiger partial charge in [0.25, 0.3) is 0 Å². The van der Waals surface area contributed by atoms with E-state index in [-0.39, 0.29) is 24.4 Å². The third kappa shape index (κ3) is 4.48. The van der Waals surface area contributed by atoms with E-state index in [1.54, 1.807) is 7.11 Å². The number of carbonyl (C=O) groups is 2. The van der Waals surface area contributed by atoms with Gasteiger partial charge < -0.3 is 14.8 Å². The molecule has 3 amide bonds. The van der Waals surface area contributed by atoms with Gasteiger partial charge in [0.05, 0.1) is 19.1 Å². The monoisotopic (exact) mass is 415 g/mol. The molecule has 0 spiro atoms. The van der Waals surface area contributed by atoms with Crippen LogP contribution in [0.4, 0.5) is 4.79 Å². The molecule has 0 bridgehead atoms. The first-order chi connectivity index (χ1) is 14.2. The van der Waals surface area contributed by atoms with Crippen LogP contribution in [0.25, 0.3) is 0 Å². The number of aryl methyl sites for hydroxylation is 1. The summed E-state index contributed by atoms with van der Waals surface area (Å²) in [6, 6.07) is 5.46. The Hall–Kier alpha value is -2.32. The molecule has 0 aromatic heterocycles. The normalized spacial score (nSPS) is 20.9. The van der Waals surface area contributed by atoms with E-state index >= 15 is 0 Å². The van der Waals surface area contributed by atoms with Crippen LogP contribution in [0, 0.1) is 0 Å². The molecule has 7 nitrogen and oxygen atoms in total. The molecule has 1 aliphatic carbocycles. The molecule has 1 fully saturated rings. The molecule has 1 atom stereocenters. The Labute approximate surface area is 174 Å². The largest absolute Gasteiger partial charge is 0.491 e. The van der Waals surface area contributed by atoms with E-state index in [2.05, 4.69) is 16.4 Å². The molecule has 2 aliphatic heterocycles. The topological polar surface area (TPSA) is 80.2 Å². The summed E-state index contributed by atoms with van der Waals surface area (Å²) in [5.74, 6) is 0.611. The Balaban J connectivity index is 1.41. The smallest absolute Gasteiger partial charge is 0.335 e. The number of amides is 3. The summed E-state index contributed by atoms with van der Waals surface area (Å²) in [4.78, 5) is 29.9. The number of urea groups is 1. The number of nitrogens with zero attached hydrogens (tertiary/aromatic N) is 2. The third-order valence-corrected chi connectivity index (χ3v) is 6.38. The second-order valence-corrected chi connectivity index (χ2v) is 8.19. The lowest BCUT2D eigenvalue weighted by molar-refractivity contribution is -0.123. The van der Waals surface area contributed by atoms with Crippen molar-refractivity contribution in [1.29, 1.82) is 0 Å². The van der Waals surface area contributed by atoms with E-state index < -0.39 is 0 Å². The van der Waals surface area contributed by atoms with Crippen molar-refractivity contribution in [1.82, 2.24) is 9.62 Å². The number of aliphatic imine (C=N–C) groups is 1. The Bertz CT molecular complexity index is 867. The lowest BCUT2D eigenvalue weighted by Crippen LogP contribution is -2.43. The van der Waals surface area contributed by atoms with Gasteiger partial charge in [-0.3, -0.25) is 9.79 Å². The van der Waals surface area contributed by atoms with Gasteiger partial charge in [0.15, 0.2) is 0 Å². The third-order valence-electron chi connectivity index (χ3n) is 5.26. The molecule has 0 saturated carbocycles. The lowest BCUT2D eigenvalue weighted by atomic mass is 10.1. The Morgan fingerprint density at radius 1 is 1.38 bits per heavy atom. The van der Waals surface area contributed by atoms with Gasteiger partial charge in [-0.15, -0.1) is 0 Å². The number of rotatable bonds is 5. The highest BCUT2D eigenvalue weighted by Crippen LogP contribution is 2.35. The van der Waals surface area contributed by atoms with Crippen molar-refractivity contribution >= 4 is 28.9 Å². The van der Waals surface area contributed by atoms with Crippen LogP contribution >= 0.6 is 11.9 Å². The highest BCUT2D eigenvalue weighted by Gasteiger charge is 2.34. The maximum atomic E-state index is 12.8. The molecular weight excluding hydrogens is 390 g/mol. The van der Waals surface area contributed by atoms with Crippen molar-refractivity contribution < 1.29 is 19.1 Å². The standard InChI is InChI=1S/C21H25N3O4S/c1-27-10-11-28-16-6-7-17-14(12-16)5-8-18(17)23-21(26)24-19(25)13-15-4-2-3-9-22-20(15)29-24/h4,6-7,12,18H,2-3,5,8-11,13H2,1H3,(H,23,26). The molecular formula is C21H25N3O4S. The summed E-state index contributed by atoms with van der Waals surface area (Å²) < 4.78 is 11.9. The van der Waals surface area contributed by atoms with E-state index in [9.17, 15) is 9.59 Å². The molecule has 1 unspecified atom stereocenters. The summed E-state index contributed by atoms with van der Waals surface area (Å²) >= 11 is 1.14. The van der Waals surface area contributed by atoms with Crippen LogP contribution in [-0.2, 0) is 16.0 Å². The second kappa shape index (κ2) is 9.00. The number of methoxy groups -OCH3 is 1. The molecule has 4 rings (SSSR count). The molecule has 0 radical (unpaired) electrons. The number of hydrogen-bond acceptors (Lipinski definition) is 6. The molecule has 29 heavy (non-hydrogen) atoms. The molecule has 154 valence electrons. The van der Waals surface area contributed by atoms with Crippen molar-refractivity contribution in [3.63, 3.8) is 0 Å². The quantitative estimate of drug-likeness (QED) is 0.589. The molecule has 2 heterocycles. The van der Waals surface area contributed by atoms with Gasteiger partial charge in [0.2, 0.25) is 5.91 Å². The minimum atomic E-state index is -0.371. The molecule has 1 saturated heterocycles. The van der Waals surface area contributed by atoms with Crippen molar-refractivity contribution in [2.75, 3.05) is 26.9 Å². The summed E-state index contributed by atoms with van der Waals surface area (Å²) in [6.07, 6.45) is 5.89. The predicted octanol–water partition coefficient (Wildman–Crippen LogP) is 3.41. The van der Waals surface area contributed by atoms with E-state index in [1.807, 2.05) is 18.2 Å². The first kappa shape index (κ1) is 20.0. The number of nitrogens with one attached hydrogen (secondary N) is 1. The van der Waals surface area contributed by atoms with Gasteiger partial charge in [0, 0.05) is 25.6 Å². The van der Waals surface area contributed by atoms with E-state index in [0.29, 0.717) is 13.2 Å². The first-order valence-electron chi connectivity index (χ1n) is 9.95. The van der Waals surface area contributed by atoms with Crippen LogP contribution in [0.15, 0.2) is 34.8 Å². The summed E-state index contributed by atoms with van der Waals surface area (Å²) in [7, 11) is 1.64. The Morgan fingerprint density at radius 3 is 3.14 bits per heavy atom.